The van der Waals surface area contributed by atoms with E-state index in [9.17, 15) is 4.79 Å². The number of methoxy groups -OCH3 is 1. The van der Waals surface area contributed by atoms with Crippen LogP contribution >= 0.6 is 0 Å². The van der Waals surface area contributed by atoms with Gasteiger partial charge >= 0.3 is 5.97 Å². The molecule has 0 radical (unpaired) electrons. The van der Waals surface area contributed by atoms with Crippen molar-refractivity contribution in [2.75, 3.05) is 13.9 Å². The van der Waals surface area contributed by atoms with E-state index in [0.717, 1.165) is 65.3 Å². The minimum absolute atomic E-state index is 0.221. The van der Waals surface area contributed by atoms with Gasteiger partial charge < -0.3 is 18.9 Å². The quantitative estimate of drug-likeness (QED) is 0.134. The van der Waals surface area contributed by atoms with Crippen molar-refractivity contribution in [3.05, 3.63) is 42.1 Å². The van der Waals surface area contributed by atoms with Gasteiger partial charge in [0.15, 0.2) is 35.7 Å². The maximum Gasteiger partial charge on any atom is 0.311 e. The van der Waals surface area contributed by atoms with Gasteiger partial charge in [-0.1, -0.05) is 19.8 Å². The van der Waals surface area contributed by atoms with E-state index in [1.807, 2.05) is 6.07 Å². The molecular formula is C27H26NO5+. The zero-order valence-electron chi connectivity index (χ0n) is 18.9. The molecule has 6 nitrogen and oxygen atoms in total. The lowest BCUT2D eigenvalue weighted by molar-refractivity contribution is -0.670. The van der Waals surface area contributed by atoms with Gasteiger partial charge in [-0.3, -0.25) is 4.79 Å². The Balaban J connectivity index is 1.58. The number of nitrogens with zero attached hydrogens (tertiary/aromatic N) is 1. The molecule has 2 aliphatic heterocycles. The molecule has 168 valence electrons. The van der Waals surface area contributed by atoms with Crippen LogP contribution in [0.5, 0.6) is 23.0 Å². The summed E-state index contributed by atoms with van der Waals surface area (Å²) in [6, 6.07) is 10.3. The molecular weight excluding hydrogens is 418 g/mol. The first-order valence-corrected chi connectivity index (χ1v) is 11.6. The molecule has 0 bridgehead atoms. The van der Waals surface area contributed by atoms with Gasteiger partial charge in [0.25, 0.3) is 0 Å². The number of hydrogen-bond donors (Lipinski definition) is 0. The average molecular weight is 445 g/mol. The fraction of sp³-hybridized carbons (Fsp3) is 0.333. The van der Waals surface area contributed by atoms with Crippen LogP contribution in [0.2, 0.25) is 0 Å². The van der Waals surface area contributed by atoms with Crippen LogP contribution in [-0.4, -0.2) is 19.9 Å². The number of aryl methyl sites for hydroxylation is 2. The standard InChI is InChI=1S/C27H26NO5/c1-3-4-5-6-23(29)33-27-20-14-28-12-11-16-13-22-26(32-15-31-22)19-8-7-18(25(28)24(16)19)17(20)9-10-21(27)30-2/h7-10,13-14H,3-6,11-12,15H2,1-2H3/q+1. The Hall–Kier alpha value is -3.54. The third-order valence-corrected chi connectivity index (χ3v) is 6.76. The van der Waals surface area contributed by atoms with E-state index in [0.29, 0.717) is 17.9 Å². The van der Waals surface area contributed by atoms with Crippen molar-refractivity contribution in [1.29, 1.82) is 0 Å². The van der Waals surface area contributed by atoms with E-state index in [4.69, 9.17) is 18.9 Å². The highest BCUT2D eigenvalue weighted by atomic mass is 16.7. The second-order valence-corrected chi connectivity index (χ2v) is 8.72. The van der Waals surface area contributed by atoms with Gasteiger partial charge in [0.05, 0.1) is 23.3 Å². The molecule has 0 N–H and O–H groups in total. The molecule has 0 unspecified atom stereocenters. The summed E-state index contributed by atoms with van der Waals surface area (Å²) >= 11 is 0. The predicted octanol–water partition coefficient (Wildman–Crippen LogP) is 5.21. The minimum atomic E-state index is -0.221. The Kier molecular flexibility index (Phi) is 4.75. The van der Waals surface area contributed by atoms with Crippen LogP contribution in [0.1, 0.15) is 38.2 Å². The molecule has 0 saturated heterocycles. The lowest BCUT2D eigenvalue weighted by Crippen LogP contribution is -2.38. The van der Waals surface area contributed by atoms with Crippen molar-refractivity contribution < 1.29 is 28.3 Å². The summed E-state index contributed by atoms with van der Waals surface area (Å²) in [5.41, 5.74) is 2.44. The normalized spacial score (nSPS) is 13.9. The molecule has 6 rings (SSSR count). The Morgan fingerprint density at radius 2 is 1.91 bits per heavy atom. The summed E-state index contributed by atoms with van der Waals surface area (Å²) in [5, 5.41) is 5.32. The van der Waals surface area contributed by atoms with Crippen LogP contribution in [0.3, 0.4) is 0 Å². The van der Waals surface area contributed by atoms with E-state index < -0.39 is 0 Å². The number of ether oxygens (including phenoxy) is 4. The van der Waals surface area contributed by atoms with Crippen LogP contribution in [0.4, 0.5) is 0 Å². The molecule has 2 aliphatic rings. The van der Waals surface area contributed by atoms with Gasteiger partial charge in [0, 0.05) is 23.6 Å². The topological polar surface area (TPSA) is 57.9 Å². The molecule has 0 atom stereocenters. The highest BCUT2D eigenvalue weighted by molar-refractivity contribution is 6.17. The fourth-order valence-corrected chi connectivity index (χ4v) is 5.19. The van der Waals surface area contributed by atoms with Gasteiger partial charge in [-0.25, -0.2) is 0 Å². The van der Waals surface area contributed by atoms with Gasteiger partial charge in [-0.15, -0.1) is 0 Å². The monoisotopic (exact) mass is 444 g/mol. The summed E-state index contributed by atoms with van der Waals surface area (Å²) in [7, 11) is 1.61. The molecule has 0 aliphatic carbocycles. The van der Waals surface area contributed by atoms with E-state index in [2.05, 4.69) is 42.0 Å². The zero-order valence-corrected chi connectivity index (χ0v) is 18.9. The van der Waals surface area contributed by atoms with E-state index in [1.165, 1.54) is 16.5 Å². The first kappa shape index (κ1) is 20.1. The van der Waals surface area contributed by atoms with Crippen LogP contribution in [0.25, 0.3) is 32.4 Å². The second kappa shape index (κ2) is 7.80. The lowest BCUT2D eigenvalue weighted by atomic mass is 9.93. The summed E-state index contributed by atoms with van der Waals surface area (Å²) in [6.07, 6.45) is 6.30. The largest absolute Gasteiger partial charge is 0.493 e. The average Bonchev–Trinajstić information content (AvgIpc) is 3.31. The molecule has 3 aromatic carbocycles. The first-order chi connectivity index (χ1) is 16.2. The van der Waals surface area contributed by atoms with Crippen molar-refractivity contribution >= 4 is 38.4 Å². The molecule has 0 fully saturated rings. The Bertz CT molecular complexity index is 1440. The SMILES string of the molecule is CCCCCC(=O)Oc1c(OC)ccc2c1c[n+]1c3c2ccc2c4c(cc(c23)CC1)OCO4. The van der Waals surface area contributed by atoms with Crippen molar-refractivity contribution in [2.45, 2.75) is 45.6 Å². The van der Waals surface area contributed by atoms with Crippen molar-refractivity contribution in [2.24, 2.45) is 0 Å². The number of carbonyl (C=O) groups is 1. The first-order valence-electron chi connectivity index (χ1n) is 11.6. The molecule has 3 heterocycles. The fourth-order valence-electron chi connectivity index (χ4n) is 5.19. The Morgan fingerprint density at radius 1 is 1.06 bits per heavy atom. The summed E-state index contributed by atoms with van der Waals surface area (Å²) < 4.78 is 25.2. The zero-order chi connectivity index (χ0) is 22.5. The number of rotatable bonds is 6. The van der Waals surface area contributed by atoms with Crippen LogP contribution in [0, 0.1) is 0 Å². The number of esters is 1. The summed E-state index contributed by atoms with van der Waals surface area (Å²) in [5.74, 6) is 2.49. The predicted molar refractivity (Wildman–Crippen MR) is 125 cm³/mol. The van der Waals surface area contributed by atoms with Crippen molar-refractivity contribution in [3.63, 3.8) is 0 Å². The number of aromatic nitrogens is 1. The van der Waals surface area contributed by atoms with Crippen molar-refractivity contribution in [3.8, 4) is 23.0 Å². The maximum absolute atomic E-state index is 12.6. The third-order valence-electron chi connectivity index (χ3n) is 6.76. The number of hydrogen-bond acceptors (Lipinski definition) is 5. The number of carbonyl (C=O) groups excluding carboxylic acids is 1. The molecule has 1 aromatic heterocycles. The van der Waals surface area contributed by atoms with Crippen LogP contribution in [-0.2, 0) is 17.8 Å². The smallest absolute Gasteiger partial charge is 0.311 e. The molecule has 0 amide bonds. The minimum Gasteiger partial charge on any atom is -0.493 e. The highest BCUT2D eigenvalue weighted by Crippen LogP contribution is 2.46. The Labute approximate surface area is 191 Å². The molecule has 6 heteroatoms. The van der Waals surface area contributed by atoms with Crippen LogP contribution in [0.15, 0.2) is 36.5 Å². The van der Waals surface area contributed by atoms with Gasteiger partial charge in [0.1, 0.15) is 0 Å². The number of benzene rings is 3. The summed E-state index contributed by atoms with van der Waals surface area (Å²) in [6.45, 7) is 3.21. The highest BCUT2D eigenvalue weighted by Gasteiger charge is 2.30. The molecule has 0 spiro atoms. The number of pyridine rings is 1. The lowest BCUT2D eigenvalue weighted by Gasteiger charge is -2.18. The van der Waals surface area contributed by atoms with E-state index in [-0.39, 0.29) is 12.8 Å². The van der Waals surface area contributed by atoms with Crippen molar-refractivity contribution in [1.82, 2.24) is 0 Å². The van der Waals surface area contributed by atoms with E-state index in [1.54, 1.807) is 7.11 Å². The summed E-state index contributed by atoms with van der Waals surface area (Å²) in [4.78, 5) is 12.6. The third kappa shape index (κ3) is 3.08. The maximum atomic E-state index is 12.6. The Morgan fingerprint density at radius 3 is 2.76 bits per heavy atom. The van der Waals surface area contributed by atoms with Gasteiger partial charge in [-0.05, 0) is 42.3 Å². The molecule has 33 heavy (non-hydrogen) atoms. The number of fused-ring (bicyclic) bond motifs is 4. The molecule has 4 aromatic rings. The van der Waals surface area contributed by atoms with Crippen LogP contribution < -0.4 is 23.5 Å². The van der Waals surface area contributed by atoms with E-state index >= 15 is 0 Å². The number of unbranched alkanes of at least 4 members (excludes halogenated alkanes) is 2. The molecule has 0 saturated carbocycles. The van der Waals surface area contributed by atoms with Gasteiger partial charge in [-0.2, -0.15) is 4.57 Å². The second-order valence-electron chi connectivity index (χ2n) is 8.72. The van der Waals surface area contributed by atoms with Gasteiger partial charge in [0.2, 0.25) is 12.3 Å².